The zero-order valence-corrected chi connectivity index (χ0v) is 20.4. The maximum absolute atomic E-state index is 10.1. The third-order valence-corrected chi connectivity index (χ3v) is 5.78. The summed E-state index contributed by atoms with van der Waals surface area (Å²) in [6.45, 7) is 7.70. The van der Waals surface area contributed by atoms with Gasteiger partial charge in [-0.2, -0.15) is 0 Å². The number of piperazine rings is 1. The molecule has 4 rings (SSSR count). The number of hydrogen-bond acceptors (Lipinski definition) is 5. The zero-order valence-electron chi connectivity index (χ0n) is 18.0. The predicted octanol–water partition coefficient (Wildman–Crippen LogP) is 2.74. The molecule has 31 heavy (non-hydrogen) atoms. The molecule has 2 aromatic rings. The fourth-order valence-corrected chi connectivity index (χ4v) is 4.05. The number of phenolic OH excluding ortho intramolecular Hbond substituents is 1. The molecule has 0 aliphatic carbocycles. The van der Waals surface area contributed by atoms with Gasteiger partial charge in [0, 0.05) is 58.5 Å². The van der Waals surface area contributed by atoms with Gasteiger partial charge < -0.3 is 29.9 Å². The van der Waals surface area contributed by atoms with Crippen LogP contribution in [0, 0.1) is 0 Å². The van der Waals surface area contributed by atoms with Gasteiger partial charge in [-0.1, -0.05) is 24.3 Å². The number of ether oxygens (including phenoxy) is 1. The lowest BCUT2D eigenvalue weighted by Gasteiger charge is -2.37. The van der Waals surface area contributed by atoms with Crippen LogP contribution in [-0.2, 0) is 11.3 Å². The fraction of sp³-hybridized carbons (Fsp3) is 0.435. The number of halogens is 1. The van der Waals surface area contributed by atoms with Gasteiger partial charge in [0.1, 0.15) is 5.75 Å². The van der Waals surface area contributed by atoms with E-state index >= 15 is 0 Å². The molecule has 2 saturated heterocycles. The van der Waals surface area contributed by atoms with Gasteiger partial charge in [0.25, 0.3) is 0 Å². The van der Waals surface area contributed by atoms with E-state index < -0.39 is 0 Å². The molecule has 0 aromatic heterocycles. The predicted molar refractivity (Wildman–Crippen MR) is 137 cm³/mol. The van der Waals surface area contributed by atoms with Crippen molar-refractivity contribution in [1.82, 2.24) is 10.2 Å². The average molecular weight is 537 g/mol. The molecule has 0 unspecified atom stereocenters. The van der Waals surface area contributed by atoms with E-state index in [1.807, 2.05) is 25.2 Å². The van der Waals surface area contributed by atoms with Crippen molar-refractivity contribution in [2.75, 3.05) is 69.3 Å². The molecule has 2 aliphatic rings. The minimum absolute atomic E-state index is 0. The standard InChI is InChI=1S/C23H31N5O2.HI/c1-24-23(28-12-10-27(11-13-28)21-4-2-3-5-22(21)29)25-18-19-6-8-20(9-7-19)26-14-16-30-17-15-26;/h2-9,29H,10-18H2,1H3,(H,24,25);1H. The molecule has 168 valence electrons. The van der Waals surface area contributed by atoms with Gasteiger partial charge in [-0.05, 0) is 29.8 Å². The van der Waals surface area contributed by atoms with E-state index in [2.05, 4.69) is 49.3 Å². The number of rotatable bonds is 4. The first-order valence-electron chi connectivity index (χ1n) is 10.6. The highest BCUT2D eigenvalue weighted by Crippen LogP contribution is 2.27. The second-order valence-electron chi connectivity index (χ2n) is 7.63. The molecule has 0 saturated carbocycles. The van der Waals surface area contributed by atoms with Crippen LogP contribution in [0.5, 0.6) is 5.75 Å². The van der Waals surface area contributed by atoms with Crippen molar-refractivity contribution in [2.45, 2.75) is 6.54 Å². The third-order valence-electron chi connectivity index (χ3n) is 5.78. The molecule has 2 heterocycles. The molecule has 2 aliphatic heterocycles. The van der Waals surface area contributed by atoms with Gasteiger partial charge in [0.05, 0.1) is 18.9 Å². The Balaban J connectivity index is 0.00000272. The lowest BCUT2D eigenvalue weighted by Crippen LogP contribution is -2.52. The summed E-state index contributed by atoms with van der Waals surface area (Å²) < 4.78 is 5.43. The fourth-order valence-electron chi connectivity index (χ4n) is 4.05. The molecule has 8 heteroatoms. The van der Waals surface area contributed by atoms with E-state index in [1.54, 1.807) is 6.07 Å². The average Bonchev–Trinajstić information content (AvgIpc) is 2.81. The molecule has 2 fully saturated rings. The number of benzene rings is 2. The summed E-state index contributed by atoms with van der Waals surface area (Å²) in [5, 5.41) is 13.6. The Morgan fingerprint density at radius 3 is 2.26 bits per heavy atom. The van der Waals surface area contributed by atoms with Crippen molar-refractivity contribution in [3.8, 4) is 5.75 Å². The number of nitrogens with one attached hydrogen (secondary N) is 1. The summed E-state index contributed by atoms with van der Waals surface area (Å²) in [5.41, 5.74) is 3.40. The van der Waals surface area contributed by atoms with E-state index in [0.29, 0.717) is 5.75 Å². The van der Waals surface area contributed by atoms with E-state index in [-0.39, 0.29) is 24.0 Å². The molecular formula is C23H32IN5O2. The van der Waals surface area contributed by atoms with E-state index in [4.69, 9.17) is 4.74 Å². The Labute approximate surface area is 201 Å². The molecule has 0 atom stereocenters. The molecule has 0 spiro atoms. The quantitative estimate of drug-likeness (QED) is 0.356. The molecule has 0 bridgehead atoms. The number of phenols is 1. The highest BCUT2D eigenvalue weighted by atomic mass is 127. The normalized spacial score (nSPS) is 17.3. The molecule has 0 radical (unpaired) electrons. The maximum Gasteiger partial charge on any atom is 0.194 e. The van der Waals surface area contributed by atoms with Crippen LogP contribution in [0.25, 0.3) is 0 Å². The third kappa shape index (κ3) is 5.94. The number of morpholine rings is 1. The van der Waals surface area contributed by atoms with Gasteiger partial charge in [-0.15, -0.1) is 24.0 Å². The Morgan fingerprint density at radius 2 is 1.61 bits per heavy atom. The Hall–Kier alpha value is -2.20. The van der Waals surface area contributed by atoms with Gasteiger partial charge in [-0.25, -0.2) is 0 Å². The van der Waals surface area contributed by atoms with Crippen LogP contribution in [0.4, 0.5) is 11.4 Å². The summed E-state index contributed by atoms with van der Waals surface area (Å²) in [6.07, 6.45) is 0. The van der Waals surface area contributed by atoms with Crippen molar-refractivity contribution in [1.29, 1.82) is 0 Å². The Kier molecular flexibility index (Phi) is 8.65. The summed E-state index contributed by atoms with van der Waals surface area (Å²) in [4.78, 5) is 11.3. The number of para-hydroxylation sites is 2. The highest BCUT2D eigenvalue weighted by molar-refractivity contribution is 14.0. The molecule has 7 nitrogen and oxygen atoms in total. The van der Waals surface area contributed by atoms with Gasteiger partial charge >= 0.3 is 0 Å². The van der Waals surface area contributed by atoms with Crippen LogP contribution in [0.3, 0.4) is 0 Å². The van der Waals surface area contributed by atoms with Crippen LogP contribution < -0.4 is 15.1 Å². The smallest absolute Gasteiger partial charge is 0.194 e. The number of nitrogens with zero attached hydrogens (tertiary/aromatic N) is 4. The first-order valence-corrected chi connectivity index (χ1v) is 10.6. The molecule has 2 aromatic carbocycles. The Morgan fingerprint density at radius 1 is 0.935 bits per heavy atom. The van der Waals surface area contributed by atoms with E-state index in [9.17, 15) is 5.11 Å². The minimum Gasteiger partial charge on any atom is -0.506 e. The molecule has 2 N–H and O–H groups in total. The molecular weight excluding hydrogens is 505 g/mol. The van der Waals surface area contributed by atoms with Gasteiger partial charge in [0.15, 0.2) is 5.96 Å². The second-order valence-corrected chi connectivity index (χ2v) is 7.63. The van der Waals surface area contributed by atoms with Crippen LogP contribution in [0.2, 0.25) is 0 Å². The lowest BCUT2D eigenvalue weighted by atomic mass is 10.2. The van der Waals surface area contributed by atoms with Crippen molar-refractivity contribution >= 4 is 41.3 Å². The number of guanidine groups is 1. The largest absolute Gasteiger partial charge is 0.506 e. The van der Waals surface area contributed by atoms with Crippen LogP contribution >= 0.6 is 24.0 Å². The van der Waals surface area contributed by atoms with Crippen LogP contribution in [0.15, 0.2) is 53.5 Å². The topological polar surface area (TPSA) is 63.6 Å². The number of anilines is 2. The Bertz CT molecular complexity index is 847. The zero-order chi connectivity index (χ0) is 20.8. The van der Waals surface area contributed by atoms with Crippen LogP contribution in [0.1, 0.15) is 5.56 Å². The molecule has 0 amide bonds. The van der Waals surface area contributed by atoms with Crippen molar-refractivity contribution < 1.29 is 9.84 Å². The van der Waals surface area contributed by atoms with Crippen LogP contribution in [-0.4, -0.2) is 75.5 Å². The van der Waals surface area contributed by atoms with Crippen molar-refractivity contribution in [3.05, 3.63) is 54.1 Å². The first-order chi connectivity index (χ1) is 14.7. The second kappa shape index (κ2) is 11.4. The number of aromatic hydroxyl groups is 1. The van der Waals surface area contributed by atoms with Gasteiger partial charge in [0.2, 0.25) is 0 Å². The number of hydrogen-bond donors (Lipinski definition) is 2. The number of aliphatic imine (C=N–C) groups is 1. The summed E-state index contributed by atoms with van der Waals surface area (Å²) >= 11 is 0. The summed E-state index contributed by atoms with van der Waals surface area (Å²) in [6, 6.07) is 16.3. The maximum atomic E-state index is 10.1. The lowest BCUT2D eigenvalue weighted by molar-refractivity contribution is 0.122. The summed E-state index contributed by atoms with van der Waals surface area (Å²) in [5.74, 6) is 1.26. The van der Waals surface area contributed by atoms with E-state index in [1.165, 1.54) is 11.3 Å². The first kappa shape index (κ1) is 23.5. The highest BCUT2D eigenvalue weighted by Gasteiger charge is 2.21. The summed E-state index contributed by atoms with van der Waals surface area (Å²) in [7, 11) is 1.83. The monoisotopic (exact) mass is 537 g/mol. The van der Waals surface area contributed by atoms with Gasteiger partial charge in [-0.3, -0.25) is 4.99 Å². The SMILES string of the molecule is CN=C(NCc1ccc(N2CCOCC2)cc1)N1CCN(c2ccccc2O)CC1.I. The van der Waals surface area contributed by atoms with Crippen molar-refractivity contribution in [2.24, 2.45) is 4.99 Å². The minimum atomic E-state index is 0. The van der Waals surface area contributed by atoms with Crippen molar-refractivity contribution in [3.63, 3.8) is 0 Å². The van der Waals surface area contributed by atoms with E-state index in [0.717, 1.165) is 70.7 Å².